The molecule has 126 valence electrons. The number of carbonyl (C=O) groups is 1. The van der Waals surface area contributed by atoms with Gasteiger partial charge >= 0.3 is 0 Å². The Morgan fingerprint density at radius 1 is 1.04 bits per heavy atom. The molecule has 0 radical (unpaired) electrons. The average Bonchev–Trinajstić information content (AvgIpc) is 2.63. The highest BCUT2D eigenvalue weighted by atomic mass is 16.1. The van der Waals surface area contributed by atoms with E-state index >= 15 is 0 Å². The Balaban J connectivity index is 1.89. The topological polar surface area (TPSA) is 42.0 Å². The molecule has 25 heavy (non-hydrogen) atoms. The molecule has 3 heteroatoms. The number of nitrogens with one attached hydrogen (secondary N) is 1. The van der Waals surface area contributed by atoms with Gasteiger partial charge in [-0.15, -0.1) is 0 Å². The molecule has 1 amide bonds. The Morgan fingerprint density at radius 2 is 1.84 bits per heavy atom. The van der Waals surface area contributed by atoms with Gasteiger partial charge in [0.15, 0.2) is 0 Å². The van der Waals surface area contributed by atoms with Crippen LogP contribution in [0.3, 0.4) is 0 Å². The van der Waals surface area contributed by atoms with Gasteiger partial charge in [-0.25, -0.2) is 0 Å². The number of pyridine rings is 1. The van der Waals surface area contributed by atoms with Crippen molar-refractivity contribution in [1.82, 2.24) is 10.3 Å². The highest BCUT2D eigenvalue weighted by Gasteiger charge is 2.19. The lowest BCUT2D eigenvalue weighted by Crippen LogP contribution is -2.31. The fraction of sp³-hybridized carbons (Fsp3) is 0.182. The number of amides is 1. The molecule has 3 aromatic rings. The van der Waals surface area contributed by atoms with E-state index < -0.39 is 0 Å². The van der Waals surface area contributed by atoms with Crippen molar-refractivity contribution < 1.29 is 4.79 Å². The second-order valence-electron chi connectivity index (χ2n) is 6.31. The van der Waals surface area contributed by atoms with Crippen molar-refractivity contribution >= 4 is 5.91 Å². The minimum absolute atomic E-state index is 0.000888. The van der Waals surface area contributed by atoms with Crippen LogP contribution >= 0.6 is 0 Å². The summed E-state index contributed by atoms with van der Waals surface area (Å²) in [4.78, 5) is 16.9. The third-order valence-corrected chi connectivity index (χ3v) is 4.28. The monoisotopic (exact) mass is 330 g/mol. The quantitative estimate of drug-likeness (QED) is 0.764. The zero-order valence-corrected chi connectivity index (χ0v) is 14.6. The molecule has 1 unspecified atom stereocenters. The number of aryl methyl sites for hydroxylation is 2. The van der Waals surface area contributed by atoms with Gasteiger partial charge in [0.1, 0.15) is 0 Å². The number of carbonyl (C=O) groups excluding carboxylic acids is 1. The smallest absolute Gasteiger partial charge is 0.225 e. The first-order valence-electron chi connectivity index (χ1n) is 8.44. The number of rotatable bonds is 5. The van der Waals surface area contributed by atoms with Crippen LogP contribution in [-0.4, -0.2) is 10.9 Å². The molecule has 0 saturated heterocycles. The molecule has 2 aromatic carbocycles. The van der Waals surface area contributed by atoms with E-state index in [0.29, 0.717) is 6.42 Å². The second kappa shape index (κ2) is 7.75. The van der Waals surface area contributed by atoms with E-state index in [1.54, 1.807) is 6.20 Å². The number of nitrogens with zero attached hydrogens (tertiary/aromatic N) is 1. The van der Waals surface area contributed by atoms with Crippen LogP contribution < -0.4 is 5.32 Å². The van der Waals surface area contributed by atoms with Crippen molar-refractivity contribution in [3.05, 3.63) is 101 Å². The van der Waals surface area contributed by atoms with Crippen molar-refractivity contribution in [2.24, 2.45) is 0 Å². The molecule has 1 N–H and O–H groups in total. The molecule has 1 atom stereocenters. The van der Waals surface area contributed by atoms with Crippen LogP contribution in [0.4, 0.5) is 0 Å². The van der Waals surface area contributed by atoms with Crippen LogP contribution in [0.1, 0.15) is 33.9 Å². The zero-order valence-electron chi connectivity index (χ0n) is 14.6. The van der Waals surface area contributed by atoms with Crippen LogP contribution in [0.5, 0.6) is 0 Å². The molecule has 0 aliphatic carbocycles. The van der Waals surface area contributed by atoms with E-state index in [0.717, 1.165) is 22.3 Å². The molecule has 0 fully saturated rings. The number of aromatic nitrogens is 1. The molecular weight excluding hydrogens is 308 g/mol. The molecule has 0 aliphatic rings. The fourth-order valence-electron chi connectivity index (χ4n) is 2.95. The van der Waals surface area contributed by atoms with Gasteiger partial charge in [0, 0.05) is 12.4 Å². The minimum Gasteiger partial charge on any atom is -0.345 e. The lowest BCUT2D eigenvalue weighted by molar-refractivity contribution is -0.120. The van der Waals surface area contributed by atoms with Crippen molar-refractivity contribution in [3.63, 3.8) is 0 Å². The summed E-state index contributed by atoms with van der Waals surface area (Å²) in [5.74, 6) is 0.000888. The van der Waals surface area contributed by atoms with Gasteiger partial charge in [-0.3, -0.25) is 9.78 Å². The maximum atomic E-state index is 12.6. The third-order valence-electron chi connectivity index (χ3n) is 4.28. The summed E-state index contributed by atoms with van der Waals surface area (Å²) in [5.41, 5.74) is 5.42. The van der Waals surface area contributed by atoms with Crippen molar-refractivity contribution in [1.29, 1.82) is 0 Å². The minimum atomic E-state index is -0.204. The van der Waals surface area contributed by atoms with Gasteiger partial charge in [-0.1, -0.05) is 60.2 Å². The van der Waals surface area contributed by atoms with Crippen molar-refractivity contribution in [2.75, 3.05) is 0 Å². The van der Waals surface area contributed by atoms with Gasteiger partial charge in [-0.05, 0) is 42.2 Å². The predicted octanol–water partition coefficient (Wildman–Crippen LogP) is 4.15. The van der Waals surface area contributed by atoms with Crippen LogP contribution in [0.15, 0.2) is 73.1 Å². The summed E-state index contributed by atoms with van der Waals surface area (Å²) >= 11 is 0. The summed E-state index contributed by atoms with van der Waals surface area (Å²) in [7, 11) is 0. The van der Waals surface area contributed by atoms with Crippen LogP contribution in [0.25, 0.3) is 0 Å². The first-order chi connectivity index (χ1) is 12.1. The first kappa shape index (κ1) is 16.9. The molecule has 0 saturated carbocycles. The molecule has 1 aromatic heterocycles. The predicted molar refractivity (Wildman–Crippen MR) is 100 cm³/mol. The molecule has 0 aliphatic heterocycles. The highest BCUT2D eigenvalue weighted by molar-refractivity contribution is 5.79. The largest absolute Gasteiger partial charge is 0.345 e. The number of hydrogen-bond acceptors (Lipinski definition) is 2. The summed E-state index contributed by atoms with van der Waals surface area (Å²) in [6.07, 6.45) is 3.92. The van der Waals surface area contributed by atoms with E-state index in [2.05, 4.69) is 42.3 Å². The molecule has 3 rings (SSSR count). The van der Waals surface area contributed by atoms with Crippen molar-refractivity contribution in [2.45, 2.75) is 26.3 Å². The maximum absolute atomic E-state index is 12.6. The van der Waals surface area contributed by atoms with Gasteiger partial charge < -0.3 is 5.32 Å². The summed E-state index contributed by atoms with van der Waals surface area (Å²) in [5, 5.41) is 3.19. The third kappa shape index (κ3) is 4.32. The zero-order chi connectivity index (χ0) is 17.6. The fourth-order valence-corrected chi connectivity index (χ4v) is 2.95. The Hall–Kier alpha value is -2.94. The lowest BCUT2D eigenvalue weighted by atomic mass is 9.94. The van der Waals surface area contributed by atoms with E-state index in [1.165, 1.54) is 5.56 Å². The Kier molecular flexibility index (Phi) is 5.24. The Morgan fingerprint density at radius 3 is 2.56 bits per heavy atom. The normalized spacial score (nSPS) is 11.8. The highest BCUT2D eigenvalue weighted by Crippen LogP contribution is 2.25. The van der Waals surface area contributed by atoms with Crippen LogP contribution in [0, 0.1) is 13.8 Å². The summed E-state index contributed by atoms with van der Waals surface area (Å²) in [6.45, 7) is 4.14. The van der Waals surface area contributed by atoms with Gasteiger partial charge in [0.25, 0.3) is 0 Å². The number of benzene rings is 2. The van der Waals surface area contributed by atoms with Crippen LogP contribution in [-0.2, 0) is 11.2 Å². The van der Waals surface area contributed by atoms with Crippen molar-refractivity contribution in [3.8, 4) is 0 Å². The lowest BCUT2D eigenvalue weighted by Gasteiger charge is -2.22. The number of hydrogen-bond donors (Lipinski definition) is 1. The first-order valence-corrected chi connectivity index (χ1v) is 8.44. The van der Waals surface area contributed by atoms with E-state index in [4.69, 9.17) is 0 Å². The average molecular weight is 330 g/mol. The standard InChI is InChI=1S/C22H22N2O/c1-16-10-11-17(2)20(13-16)22(19-9-6-12-23-15-19)24-21(25)14-18-7-4-3-5-8-18/h3-13,15,22H,14H2,1-2H3,(H,24,25). The van der Waals surface area contributed by atoms with E-state index in [-0.39, 0.29) is 11.9 Å². The molecular formula is C22H22N2O. The molecule has 0 bridgehead atoms. The second-order valence-corrected chi connectivity index (χ2v) is 6.31. The Labute approximate surface area is 148 Å². The summed E-state index contributed by atoms with van der Waals surface area (Å²) < 4.78 is 0. The molecule has 1 heterocycles. The summed E-state index contributed by atoms with van der Waals surface area (Å²) in [6, 6.07) is 19.8. The van der Waals surface area contributed by atoms with Gasteiger partial charge in [0.2, 0.25) is 5.91 Å². The van der Waals surface area contributed by atoms with Crippen LogP contribution in [0.2, 0.25) is 0 Å². The SMILES string of the molecule is Cc1ccc(C)c(C(NC(=O)Cc2ccccc2)c2cccnc2)c1. The van der Waals surface area contributed by atoms with E-state index in [9.17, 15) is 4.79 Å². The van der Waals surface area contributed by atoms with E-state index in [1.807, 2.05) is 48.7 Å². The van der Waals surface area contributed by atoms with Gasteiger partial charge in [0.05, 0.1) is 12.5 Å². The molecule has 0 spiro atoms. The Bertz CT molecular complexity index is 844. The molecule has 3 nitrogen and oxygen atoms in total. The van der Waals surface area contributed by atoms with Gasteiger partial charge in [-0.2, -0.15) is 0 Å². The maximum Gasteiger partial charge on any atom is 0.225 e.